The standard InChI is InChI=1S/C32H31F2NO3/c1-20(2)3-13-28(21-4-6-22(7-5-21)32(38)35-16-15-31(36)37)27-11-10-23-17-24(8-9-25(23)18-27)26-12-14-29(33)30(34)19-26/h4-12,14,17-20,28H,3,13,15-16H2,1-2H3,(H,35,38)(H,36,37). The number of fused-ring (bicyclic) bond motifs is 1. The van der Waals surface area contributed by atoms with Crippen molar-refractivity contribution in [3.63, 3.8) is 0 Å². The molecule has 38 heavy (non-hydrogen) atoms. The van der Waals surface area contributed by atoms with Gasteiger partial charge in [-0.05, 0) is 75.7 Å². The van der Waals surface area contributed by atoms with Crippen molar-refractivity contribution in [3.8, 4) is 11.1 Å². The van der Waals surface area contributed by atoms with Crippen LogP contribution in [0.4, 0.5) is 8.78 Å². The Morgan fingerprint density at radius 2 is 1.39 bits per heavy atom. The summed E-state index contributed by atoms with van der Waals surface area (Å²) in [6, 6.07) is 23.6. The maximum atomic E-state index is 13.7. The van der Waals surface area contributed by atoms with Gasteiger partial charge in [-0.25, -0.2) is 8.78 Å². The van der Waals surface area contributed by atoms with E-state index in [-0.39, 0.29) is 24.8 Å². The van der Waals surface area contributed by atoms with Crippen LogP contribution in [0.2, 0.25) is 0 Å². The molecule has 0 saturated heterocycles. The lowest BCUT2D eigenvalue weighted by Crippen LogP contribution is -2.25. The molecule has 4 rings (SSSR count). The molecular formula is C32H31F2NO3. The number of benzene rings is 4. The summed E-state index contributed by atoms with van der Waals surface area (Å²) in [6.07, 6.45) is 1.86. The van der Waals surface area contributed by atoms with Crippen molar-refractivity contribution >= 4 is 22.6 Å². The number of rotatable bonds is 10. The average Bonchev–Trinajstić information content (AvgIpc) is 2.90. The summed E-state index contributed by atoms with van der Waals surface area (Å²) in [7, 11) is 0. The minimum atomic E-state index is -0.954. The third-order valence-electron chi connectivity index (χ3n) is 6.75. The number of amides is 1. The van der Waals surface area contributed by atoms with Crippen molar-refractivity contribution < 1.29 is 23.5 Å². The number of aliphatic carboxylic acids is 1. The lowest BCUT2D eigenvalue weighted by atomic mass is 9.84. The van der Waals surface area contributed by atoms with Crippen molar-refractivity contribution in [2.45, 2.75) is 39.0 Å². The summed E-state index contributed by atoms with van der Waals surface area (Å²) in [5.74, 6) is -2.30. The molecule has 0 radical (unpaired) electrons. The highest BCUT2D eigenvalue weighted by Crippen LogP contribution is 2.34. The fourth-order valence-electron chi connectivity index (χ4n) is 4.61. The predicted octanol–water partition coefficient (Wildman–Crippen LogP) is 7.56. The zero-order valence-corrected chi connectivity index (χ0v) is 21.5. The zero-order valence-electron chi connectivity index (χ0n) is 21.5. The van der Waals surface area contributed by atoms with Crippen molar-refractivity contribution in [1.82, 2.24) is 5.32 Å². The van der Waals surface area contributed by atoms with Gasteiger partial charge in [-0.3, -0.25) is 9.59 Å². The monoisotopic (exact) mass is 515 g/mol. The molecule has 1 atom stereocenters. The van der Waals surface area contributed by atoms with Gasteiger partial charge in [-0.15, -0.1) is 0 Å². The maximum Gasteiger partial charge on any atom is 0.305 e. The van der Waals surface area contributed by atoms with Gasteiger partial charge in [0.2, 0.25) is 0 Å². The van der Waals surface area contributed by atoms with Crippen molar-refractivity contribution in [1.29, 1.82) is 0 Å². The molecule has 0 spiro atoms. The molecule has 0 bridgehead atoms. The Morgan fingerprint density at radius 3 is 2.08 bits per heavy atom. The van der Waals surface area contributed by atoms with Crippen LogP contribution < -0.4 is 5.32 Å². The van der Waals surface area contributed by atoms with E-state index >= 15 is 0 Å². The molecule has 4 nitrogen and oxygen atoms in total. The number of carbonyl (C=O) groups is 2. The molecule has 0 aromatic heterocycles. The predicted molar refractivity (Wildman–Crippen MR) is 146 cm³/mol. The van der Waals surface area contributed by atoms with E-state index in [1.54, 1.807) is 18.2 Å². The van der Waals surface area contributed by atoms with Crippen LogP contribution >= 0.6 is 0 Å². The number of carboxylic acids is 1. The van der Waals surface area contributed by atoms with E-state index in [1.165, 1.54) is 6.07 Å². The van der Waals surface area contributed by atoms with Crippen LogP contribution in [0.25, 0.3) is 21.9 Å². The Kier molecular flexibility index (Phi) is 8.52. The summed E-state index contributed by atoms with van der Waals surface area (Å²) in [4.78, 5) is 23.1. The van der Waals surface area contributed by atoms with Gasteiger partial charge in [0.15, 0.2) is 11.6 Å². The lowest BCUT2D eigenvalue weighted by molar-refractivity contribution is -0.136. The Morgan fingerprint density at radius 1 is 0.763 bits per heavy atom. The summed E-state index contributed by atoms with van der Waals surface area (Å²) >= 11 is 0. The smallest absolute Gasteiger partial charge is 0.305 e. The van der Waals surface area contributed by atoms with Crippen LogP contribution in [0.1, 0.15) is 60.5 Å². The van der Waals surface area contributed by atoms with Gasteiger partial charge in [0.1, 0.15) is 0 Å². The van der Waals surface area contributed by atoms with Gasteiger partial charge >= 0.3 is 5.97 Å². The molecule has 0 saturated carbocycles. The lowest BCUT2D eigenvalue weighted by Gasteiger charge is -2.20. The molecule has 0 aliphatic carbocycles. The van der Waals surface area contributed by atoms with Crippen LogP contribution in [0.5, 0.6) is 0 Å². The molecule has 196 valence electrons. The Balaban J connectivity index is 1.60. The highest BCUT2D eigenvalue weighted by molar-refractivity contribution is 5.94. The number of hydrogen-bond acceptors (Lipinski definition) is 2. The average molecular weight is 516 g/mol. The van der Waals surface area contributed by atoms with Gasteiger partial charge in [-0.1, -0.05) is 68.8 Å². The third kappa shape index (κ3) is 6.62. The quantitative estimate of drug-likeness (QED) is 0.229. The number of halogens is 2. The molecule has 0 aliphatic heterocycles. The first-order valence-corrected chi connectivity index (χ1v) is 12.8. The van der Waals surface area contributed by atoms with E-state index in [2.05, 4.69) is 37.4 Å². The molecule has 0 aliphatic rings. The Labute approximate surface area is 221 Å². The van der Waals surface area contributed by atoms with E-state index < -0.39 is 17.6 Å². The highest BCUT2D eigenvalue weighted by atomic mass is 19.2. The molecule has 0 fully saturated rings. The molecular weight excluding hydrogens is 484 g/mol. The number of hydrogen-bond donors (Lipinski definition) is 2. The summed E-state index contributed by atoms with van der Waals surface area (Å²) in [5.41, 5.74) is 4.20. The first-order valence-electron chi connectivity index (χ1n) is 12.8. The van der Waals surface area contributed by atoms with Gasteiger partial charge < -0.3 is 10.4 Å². The molecule has 2 N–H and O–H groups in total. The van der Waals surface area contributed by atoms with Crippen molar-refractivity contribution in [3.05, 3.63) is 107 Å². The second kappa shape index (κ2) is 12.0. The SMILES string of the molecule is CC(C)CCC(c1ccc(C(=O)NCCC(=O)O)cc1)c1ccc2cc(-c3ccc(F)c(F)c3)ccc2c1. The van der Waals surface area contributed by atoms with E-state index in [0.29, 0.717) is 17.0 Å². The largest absolute Gasteiger partial charge is 0.481 e. The Bertz CT molecular complexity index is 1450. The summed E-state index contributed by atoms with van der Waals surface area (Å²) in [5, 5.41) is 13.5. The van der Waals surface area contributed by atoms with Crippen LogP contribution in [0.3, 0.4) is 0 Å². The van der Waals surface area contributed by atoms with Crippen LogP contribution in [-0.4, -0.2) is 23.5 Å². The van der Waals surface area contributed by atoms with Gasteiger partial charge in [0.05, 0.1) is 6.42 Å². The molecule has 4 aromatic rings. The highest BCUT2D eigenvalue weighted by Gasteiger charge is 2.17. The normalized spacial score (nSPS) is 12.0. The topological polar surface area (TPSA) is 66.4 Å². The van der Waals surface area contributed by atoms with Crippen molar-refractivity contribution in [2.24, 2.45) is 5.92 Å². The van der Waals surface area contributed by atoms with E-state index in [9.17, 15) is 18.4 Å². The van der Waals surface area contributed by atoms with Crippen LogP contribution in [0.15, 0.2) is 78.9 Å². The van der Waals surface area contributed by atoms with Crippen LogP contribution in [-0.2, 0) is 4.79 Å². The Hall–Kier alpha value is -4.06. The van der Waals surface area contributed by atoms with E-state index in [4.69, 9.17) is 5.11 Å². The first kappa shape index (κ1) is 27.0. The van der Waals surface area contributed by atoms with Gasteiger partial charge in [-0.2, -0.15) is 0 Å². The molecule has 6 heteroatoms. The maximum absolute atomic E-state index is 13.7. The fourth-order valence-corrected chi connectivity index (χ4v) is 4.61. The fraction of sp³-hybridized carbons (Fsp3) is 0.250. The summed E-state index contributed by atoms with van der Waals surface area (Å²) < 4.78 is 27.1. The van der Waals surface area contributed by atoms with E-state index in [0.717, 1.165) is 46.4 Å². The molecule has 4 aromatic carbocycles. The minimum absolute atomic E-state index is 0.0852. The van der Waals surface area contributed by atoms with E-state index in [1.807, 2.05) is 30.3 Å². The number of carbonyl (C=O) groups excluding carboxylic acids is 1. The molecule has 0 heterocycles. The van der Waals surface area contributed by atoms with Gasteiger partial charge in [0.25, 0.3) is 5.91 Å². The second-order valence-corrected chi connectivity index (χ2v) is 10.00. The first-order chi connectivity index (χ1) is 18.2. The second-order valence-electron chi connectivity index (χ2n) is 10.00. The number of nitrogens with one attached hydrogen (secondary N) is 1. The van der Waals surface area contributed by atoms with Crippen molar-refractivity contribution in [2.75, 3.05) is 6.54 Å². The minimum Gasteiger partial charge on any atom is -0.481 e. The van der Waals surface area contributed by atoms with Crippen LogP contribution in [0, 0.1) is 17.6 Å². The van der Waals surface area contributed by atoms with Gasteiger partial charge in [0, 0.05) is 18.0 Å². The number of carboxylic acid groups (broad SMARTS) is 1. The molecule has 1 amide bonds. The summed E-state index contributed by atoms with van der Waals surface area (Å²) in [6.45, 7) is 4.48. The molecule has 1 unspecified atom stereocenters. The zero-order chi connectivity index (χ0) is 27.2. The third-order valence-corrected chi connectivity index (χ3v) is 6.75.